The van der Waals surface area contributed by atoms with Crippen LogP contribution in [0.5, 0.6) is 0 Å². The standard InChI is InChI=1S/C19H23NO/c1-2-8-18-15(5-1)6-3-7-16(18)14-20-17-9-12-21-19(13-17)10-4-11-19/h1-3,5-8,17,20H,4,9-14H2. The molecule has 21 heavy (non-hydrogen) atoms. The van der Waals surface area contributed by atoms with Crippen molar-refractivity contribution in [3.8, 4) is 0 Å². The van der Waals surface area contributed by atoms with E-state index >= 15 is 0 Å². The Morgan fingerprint density at radius 2 is 1.95 bits per heavy atom. The molecule has 4 rings (SSSR count). The minimum atomic E-state index is 0.231. The second-order valence-electron chi connectivity index (χ2n) is 6.59. The first-order valence-corrected chi connectivity index (χ1v) is 8.19. The summed E-state index contributed by atoms with van der Waals surface area (Å²) in [6.07, 6.45) is 6.21. The molecule has 0 aromatic heterocycles. The molecule has 2 aliphatic rings. The van der Waals surface area contributed by atoms with Crippen molar-refractivity contribution < 1.29 is 4.74 Å². The van der Waals surface area contributed by atoms with Crippen molar-refractivity contribution in [2.75, 3.05) is 6.61 Å². The third kappa shape index (κ3) is 2.58. The molecule has 110 valence electrons. The van der Waals surface area contributed by atoms with Crippen molar-refractivity contribution in [2.24, 2.45) is 0 Å². The molecule has 2 aromatic carbocycles. The summed E-state index contributed by atoms with van der Waals surface area (Å²) < 4.78 is 6.01. The molecule has 2 nitrogen and oxygen atoms in total. The van der Waals surface area contributed by atoms with Gasteiger partial charge in [-0.15, -0.1) is 0 Å². The lowest BCUT2D eigenvalue weighted by atomic mass is 9.74. The van der Waals surface area contributed by atoms with Gasteiger partial charge in [0.15, 0.2) is 0 Å². The quantitative estimate of drug-likeness (QED) is 0.917. The summed E-state index contributed by atoms with van der Waals surface area (Å²) in [7, 11) is 0. The molecule has 1 aliphatic carbocycles. The van der Waals surface area contributed by atoms with E-state index in [0.29, 0.717) is 6.04 Å². The molecule has 1 N–H and O–H groups in total. The average molecular weight is 281 g/mol. The zero-order valence-electron chi connectivity index (χ0n) is 12.5. The van der Waals surface area contributed by atoms with Crippen LogP contribution in [-0.4, -0.2) is 18.2 Å². The Bertz CT molecular complexity index is 627. The maximum atomic E-state index is 6.01. The van der Waals surface area contributed by atoms with Gasteiger partial charge in [-0.3, -0.25) is 0 Å². The van der Waals surface area contributed by atoms with E-state index in [1.165, 1.54) is 42.0 Å². The van der Waals surface area contributed by atoms with Crippen LogP contribution < -0.4 is 5.32 Å². The predicted octanol–water partition coefficient (Wildman–Crippen LogP) is 4.03. The molecule has 1 aliphatic heterocycles. The van der Waals surface area contributed by atoms with E-state index in [0.717, 1.165) is 19.6 Å². The van der Waals surface area contributed by atoms with Gasteiger partial charge in [0, 0.05) is 19.2 Å². The highest BCUT2D eigenvalue weighted by molar-refractivity contribution is 5.85. The van der Waals surface area contributed by atoms with Crippen LogP contribution in [0.4, 0.5) is 0 Å². The first-order valence-electron chi connectivity index (χ1n) is 8.19. The van der Waals surface area contributed by atoms with E-state index < -0.39 is 0 Å². The van der Waals surface area contributed by atoms with Crippen molar-refractivity contribution in [1.29, 1.82) is 0 Å². The third-order valence-corrected chi connectivity index (χ3v) is 5.22. The Balaban J connectivity index is 1.46. The van der Waals surface area contributed by atoms with Gasteiger partial charge in [-0.25, -0.2) is 0 Å². The van der Waals surface area contributed by atoms with Crippen LogP contribution in [0.3, 0.4) is 0 Å². The zero-order chi connectivity index (χ0) is 14.1. The molecule has 0 radical (unpaired) electrons. The van der Waals surface area contributed by atoms with Crippen LogP contribution in [0, 0.1) is 0 Å². The highest BCUT2D eigenvalue weighted by atomic mass is 16.5. The van der Waals surface area contributed by atoms with E-state index in [1.807, 2.05) is 0 Å². The number of nitrogens with one attached hydrogen (secondary N) is 1. The molecule has 1 saturated carbocycles. The molecule has 1 atom stereocenters. The first kappa shape index (κ1) is 13.3. The Morgan fingerprint density at radius 1 is 1.10 bits per heavy atom. The van der Waals surface area contributed by atoms with Crippen LogP contribution in [0.2, 0.25) is 0 Å². The molecule has 1 heterocycles. The normalized spacial score (nSPS) is 24.1. The number of benzene rings is 2. The maximum Gasteiger partial charge on any atom is 0.0697 e. The van der Waals surface area contributed by atoms with Crippen molar-refractivity contribution in [3.05, 3.63) is 48.0 Å². The van der Waals surface area contributed by atoms with Gasteiger partial charge >= 0.3 is 0 Å². The van der Waals surface area contributed by atoms with Gasteiger partial charge in [-0.1, -0.05) is 42.5 Å². The lowest BCUT2D eigenvalue weighted by Gasteiger charge is -2.47. The van der Waals surface area contributed by atoms with Crippen molar-refractivity contribution in [2.45, 2.75) is 50.3 Å². The summed E-state index contributed by atoms with van der Waals surface area (Å²) in [5.74, 6) is 0. The summed E-state index contributed by atoms with van der Waals surface area (Å²) >= 11 is 0. The molecule has 1 saturated heterocycles. The van der Waals surface area contributed by atoms with Gasteiger partial charge in [0.05, 0.1) is 5.60 Å². The van der Waals surface area contributed by atoms with Crippen LogP contribution in [-0.2, 0) is 11.3 Å². The lowest BCUT2D eigenvalue weighted by Crippen LogP contribution is -2.50. The van der Waals surface area contributed by atoms with E-state index in [1.54, 1.807) is 0 Å². The van der Waals surface area contributed by atoms with Crippen molar-refractivity contribution in [1.82, 2.24) is 5.32 Å². The van der Waals surface area contributed by atoms with Crippen molar-refractivity contribution >= 4 is 10.8 Å². The Labute approximate surface area is 126 Å². The lowest BCUT2D eigenvalue weighted by molar-refractivity contribution is -0.135. The van der Waals surface area contributed by atoms with E-state index in [-0.39, 0.29) is 5.60 Å². The molecular weight excluding hydrogens is 258 g/mol. The first-order chi connectivity index (χ1) is 10.3. The van der Waals surface area contributed by atoms with Gasteiger partial charge in [-0.2, -0.15) is 0 Å². The Kier molecular flexibility index (Phi) is 3.44. The second-order valence-corrected chi connectivity index (χ2v) is 6.59. The number of ether oxygens (including phenoxy) is 1. The van der Waals surface area contributed by atoms with Gasteiger partial charge < -0.3 is 10.1 Å². The van der Waals surface area contributed by atoms with Gasteiger partial charge in [0.2, 0.25) is 0 Å². The maximum absolute atomic E-state index is 6.01. The highest BCUT2D eigenvalue weighted by Gasteiger charge is 2.42. The largest absolute Gasteiger partial charge is 0.375 e. The molecule has 2 aromatic rings. The zero-order valence-corrected chi connectivity index (χ0v) is 12.5. The molecule has 2 heteroatoms. The number of rotatable bonds is 3. The fraction of sp³-hybridized carbons (Fsp3) is 0.474. The summed E-state index contributed by atoms with van der Waals surface area (Å²) in [5.41, 5.74) is 1.64. The van der Waals surface area contributed by atoms with Gasteiger partial charge in [0.25, 0.3) is 0 Å². The van der Waals surface area contributed by atoms with Gasteiger partial charge in [0.1, 0.15) is 0 Å². The SMILES string of the molecule is c1ccc2c(CNC3CCOC4(CCC4)C3)cccc2c1. The third-order valence-electron chi connectivity index (χ3n) is 5.22. The minimum absolute atomic E-state index is 0.231. The average Bonchev–Trinajstić information content (AvgIpc) is 2.52. The number of fused-ring (bicyclic) bond motifs is 1. The van der Waals surface area contributed by atoms with Crippen LogP contribution >= 0.6 is 0 Å². The molecule has 0 bridgehead atoms. The summed E-state index contributed by atoms with van der Waals surface area (Å²) in [6.45, 7) is 1.88. The second kappa shape index (κ2) is 5.43. The monoisotopic (exact) mass is 281 g/mol. The van der Waals surface area contributed by atoms with Crippen LogP contribution in [0.15, 0.2) is 42.5 Å². The summed E-state index contributed by atoms with van der Waals surface area (Å²) in [4.78, 5) is 0. The smallest absolute Gasteiger partial charge is 0.0697 e. The fourth-order valence-corrected chi connectivity index (χ4v) is 3.82. The summed E-state index contributed by atoms with van der Waals surface area (Å²) in [5, 5.41) is 6.48. The highest BCUT2D eigenvalue weighted by Crippen LogP contribution is 2.42. The predicted molar refractivity (Wildman–Crippen MR) is 86.3 cm³/mol. The molecular formula is C19H23NO. The number of hydrogen-bond donors (Lipinski definition) is 1. The van der Waals surface area contributed by atoms with Crippen molar-refractivity contribution in [3.63, 3.8) is 0 Å². The van der Waals surface area contributed by atoms with E-state index in [2.05, 4.69) is 47.8 Å². The molecule has 1 spiro atoms. The van der Waals surface area contributed by atoms with Crippen LogP contribution in [0.1, 0.15) is 37.7 Å². The fourth-order valence-electron chi connectivity index (χ4n) is 3.82. The molecule has 2 fully saturated rings. The molecule has 0 amide bonds. The topological polar surface area (TPSA) is 21.3 Å². The Hall–Kier alpha value is -1.38. The van der Waals surface area contributed by atoms with Crippen LogP contribution in [0.25, 0.3) is 10.8 Å². The summed E-state index contributed by atoms with van der Waals surface area (Å²) in [6, 6.07) is 15.9. The molecule has 1 unspecified atom stereocenters. The Morgan fingerprint density at radius 3 is 2.81 bits per heavy atom. The van der Waals surface area contributed by atoms with Gasteiger partial charge in [-0.05, 0) is 48.4 Å². The van der Waals surface area contributed by atoms with E-state index in [9.17, 15) is 0 Å². The number of hydrogen-bond acceptors (Lipinski definition) is 2. The minimum Gasteiger partial charge on any atom is -0.375 e. The van der Waals surface area contributed by atoms with E-state index in [4.69, 9.17) is 4.74 Å².